The molecule has 2 atom stereocenters. The highest BCUT2D eigenvalue weighted by molar-refractivity contribution is 5.95. The quantitative estimate of drug-likeness (QED) is 0.623. The number of ether oxygens (including phenoxy) is 1. The lowest BCUT2D eigenvalue weighted by Crippen LogP contribution is -2.25. The second-order valence-corrected chi connectivity index (χ2v) is 8.73. The van der Waals surface area contributed by atoms with Crippen LogP contribution in [0.3, 0.4) is 0 Å². The van der Waals surface area contributed by atoms with Gasteiger partial charge in [0.15, 0.2) is 0 Å². The van der Waals surface area contributed by atoms with Gasteiger partial charge >= 0.3 is 5.97 Å². The van der Waals surface area contributed by atoms with Crippen LogP contribution in [0.4, 0.5) is 10.1 Å². The summed E-state index contributed by atoms with van der Waals surface area (Å²) >= 11 is 0. The van der Waals surface area contributed by atoms with Gasteiger partial charge < -0.3 is 24.4 Å². The molecular weight excluding hydrogens is 403 g/mol. The molecule has 1 saturated heterocycles. The molecule has 2 heterocycles. The molecule has 1 aliphatic heterocycles. The van der Waals surface area contributed by atoms with Gasteiger partial charge in [-0.05, 0) is 37.8 Å². The molecule has 0 amide bonds. The molecule has 31 heavy (non-hydrogen) atoms. The Kier molecular flexibility index (Phi) is 6.03. The van der Waals surface area contributed by atoms with Gasteiger partial charge in [-0.15, -0.1) is 0 Å². The number of carbonyl (C=O) groups is 1. The van der Waals surface area contributed by atoms with Crippen LogP contribution in [0.2, 0.25) is 0 Å². The highest BCUT2D eigenvalue weighted by Gasteiger charge is 2.36. The monoisotopic (exact) mass is 432 g/mol. The molecule has 0 spiro atoms. The Morgan fingerprint density at radius 2 is 2.00 bits per heavy atom. The zero-order valence-corrected chi connectivity index (χ0v) is 17.9. The number of aliphatic hydroxyl groups is 1. The lowest BCUT2D eigenvalue weighted by Gasteiger charge is -2.24. The molecule has 1 aliphatic carbocycles. The van der Waals surface area contributed by atoms with Crippen molar-refractivity contribution in [1.29, 1.82) is 0 Å². The fourth-order valence-electron chi connectivity index (χ4n) is 4.75. The molecule has 2 N–H and O–H groups in total. The topological polar surface area (TPSA) is 92.0 Å². The van der Waals surface area contributed by atoms with E-state index in [0.717, 1.165) is 19.3 Å². The summed E-state index contributed by atoms with van der Waals surface area (Å²) in [6, 6.07) is 1.30. The van der Waals surface area contributed by atoms with Crippen LogP contribution < -0.4 is 10.3 Å². The number of benzene rings is 1. The smallest absolute Gasteiger partial charge is 0.341 e. The summed E-state index contributed by atoms with van der Waals surface area (Å²) in [5.41, 5.74) is 0.651. The van der Waals surface area contributed by atoms with E-state index in [0.29, 0.717) is 43.1 Å². The number of aryl methyl sites for hydroxylation is 1. The van der Waals surface area contributed by atoms with Crippen LogP contribution in [0.25, 0.3) is 10.9 Å². The standard InChI is InChI=1S/C23H29FN2O5/c1-3-6-31-12-15-9-25(8-14(15)11-27)21-13(2)20-17(7-19(21)24)22(28)18(23(29)30)10-26(20)16-4-5-16/h7,10,14-16,27H,3-6,8-9,11-12H2,1-2H3,(H,29,30). The van der Waals surface area contributed by atoms with Crippen LogP contribution in [0.5, 0.6) is 0 Å². The van der Waals surface area contributed by atoms with E-state index >= 15 is 4.39 Å². The van der Waals surface area contributed by atoms with Crippen LogP contribution in [0, 0.1) is 24.6 Å². The highest BCUT2D eigenvalue weighted by atomic mass is 19.1. The first-order valence-corrected chi connectivity index (χ1v) is 10.9. The highest BCUT2D eigenvalue weighted by Crippen LogP contribution is 2.41. The minimum Gasteiger partial charge on any atom is -0.477 e. The summed E-state index contributed by atoms with van der Waals surface area (Å²) in [4.78, 5) is 26.3. The zero-order valence-electron chi connectivity index (χ0n) is 17.9. The van der Waals surface area contributed by atoms with Crippen LogP contribution in [-0.4, -0.2) is 53.7 Å². The molecule has 0 radical (unpaired) electrons. The molecule has 0 bridgehead atoms. The number of aromatic nitrogens is 1. The van der Waals surface area contributed by atoms with Gasteiger partial charge in [0.05, 0.1) is 17.8 Å². The number of nitrogens with zero attached hydrogens (tertiary/aromatic N) is 2. The Hall–Kier alpha value is -2.45. The van der Waals surface area contributed by atoms with Crippen molar-refractivity contribution in [2.24, 2.45) is 11.8 Å². The average molecular weight is 432 g/mol. The third-order valence-electron chi connectivity index (χ3n) is 6.46. The third-order valence-corrected chi connectivity index (χ3v) is 6.46. The maximum Gasteiger partial charge on any atom is 0.341 e. The number of aromatic carboxylic acids is 1. The van der Waals surface area contributed by atoms with Crippen LogP contribution >= 0.6 is 0 Å². The van der Waals surface area contributed by atoms with Crippen LogP contribution in [-0.2, 0) is 4.74 Å². The number of anilines is 1. The fraction of sp³-hybridized carbons (Fsp3) is 0.565. The van der Waals surface area contributed by atoms with E-state index in [2.05, 4.69) is 0 Å². The van der Waals surface area contributed by atoms with E-state index in [1.54, 1.807) is 6.92 Å². The molecule has 4 rings (SSSR count). The number of pyridine rings is 1. The lowest BCUT2D eigenvalue weighted by molar-refractivity contribution is 0.0695. The zero-order chi connectivity index (χ0) is 22.3. The third kappa shape index (κ3) is 3.94. The van der Waals surface area contributed by atoms with Crippen LogP contribution in [0.1, 0.15) is 48.1 Å². The van der Waals surface area contributed by atoms with Gasteiger partial charge in [0, 0.05) is 55.8 Å². The largest absolute Gasteiger partial charge is 0.477 e. The Balaban J connectivity index is 1.79. The summed E-state index contributed by atoms with van der Waals surface area (Å²) in [7, 11) is 0. The van der Waals surface area contributed by atoms with Crippen molar-refractivity contribution in [3.63, 3.8) is 0 Å². The number of carboxylic acid groups (broad SMARTS) is 1. The minimum atomic E-state index is -1.30. The number of rotatable bonds is 8. The molecule has 8 heteroatoms. The van der Waals surface area contributed by atoms with Crippen molar-refractivity contribution in [1.82, 2.24) is 4.57 Å². The predicted molar refractivity (Wildman–Crippen MR) is 116 cm³/mol. The Bertz CT molecular complexity index is 1060. The van der Waals surface area contributed by atoms with Gasteiger partial charge in [0.25, 0.3) is 0 Å². The predicted octanol–water partition coefficient (Wildman–Crippen LogP) is 2.95. The second kappa shape index (κ2) is 8.59. The molecule has 2 aliphatic rings. The molecule has 2 aromatic rings. The number of aliphatic hydroxyl groups excluding tert-OH is 1. The summed E-state index contributed by atoms with van der Waals surface area (Å²) in [6.45, 7) is 6.04. The Labute approximate surface area is 180 Å². The molecule has 1 saturated carbocycles. The molecule has 2 fully saturated rings. The molecular formula is C23H29FN2O5. The van der Waals surface area contributed by atoms with Gasteiger partial charge in [0.2, 0.25) is 5.43 Å². The average Bonchev–Trinajstić information content (AvgIpc) is 3.49. The van der Waals surface area contributed by atoms with Crippen molar-refractivity contribution in [2.75, 3.05) is 37.8 Å². The van der Waals surface area contributed by atoms with Crippen molar-refractivity contribution in [3.8, 4) is 0 Å². The number of carboxylic acids is 1. The van der Waals surface area contributed by atoms with E-state index in [9.17, 15) is 19.8 Å². The van der Waals surface area contributed by atoms with Gasteiger partial charge in [-0.2, -0.15) is 0 Å². The van der Waals surface area contributed by atoms with Crippen molar-refractivity contribution in [2.45, 2.75) is 39.2 Å². The van der Waals surface area contributed by atoms with Crippen molar-refractivity contribution < 1.29 is 24.1 Å². The Morgan fingerprint density at radius 1 is 1.29 bits per heavy atom. The first-order chi connectivity index (χ1) is 14.9. The van der Waals surface area contributed by atoms with Crippen molar-refractivity contribution >= 4 is 22.6 Å². The van der Waals surface area contributed by atoms with E-state index < -0.39 is 17.2 Å². The van der Waals surface area contributed by atoms with Crippen molar-refractivity contribution in [3.05, 3.63) is 39.4 Å². The first kappa shape index (κ1) is 21.8. The van der Waals surface area contributed by atoms with E-state index in [-0.39, 0.29) is 35.4 Å². The summed E-state index contributed by atoms with van der Waals surface area (Å²) in [5, 5.41) is 19.4. The molecule has 168 valence electrons. The first-order valence-electron chi connectivity index (χ1n) is 10.9. The summed E-state index contributed by atoms with van der Waals surface area (Å²) in [6.07, 6.45) is 4.11. The van der Waals surface area contributed by atoms with E-state index in [1.165, 1.54) is 12.3 Å². The normalized spacial score (nSPS) is 21.2. The van der Waals surface area contributed by atoms with E-state index in [4.69, 9.17) is 4.74 Å². The number of hydrogen-bond acceptors (Lipinski definition) is 5. The number of hydrogen-bond donors (Lipinski definition) is 2. The molecule has 7 nitrogen and oxygen atoms in total. The SMILES string of the molecule is CCCOCC1CN(c2c(F)cc3c(=O)c(C(=O)O)cn(C4CC4)c3c2C)CC1CO. The molecule has 2 unspecified atom stereocenters. The van der Waals surface area contributed by atoms with Gasteiger partial charge in [-0.1, -0.05) is 6.92 Å². The van der Waals surface area contributed by atoms with Gasteiger partial charge in [-0.25, -0.2) is 9.18 Å². The Morgan fingerprint density at radius 3 is 2.61 bits per heavy atom. The summed E-state index contributed by atoms with van der Waals surface area (Å²) < 4.78 is 22.9. The molecule has 1 aromatic carbocycles. The second-order valence-electron chi connectivity index (χ2n) is 8.73. The van der Waals surface area contributed by atoms with Crippen LogP contribution in [0.15, 0.2) is 17.1 Å². The number of fused-ring (bicyclic) bond motifs is 1. The minimum absolute atomic E-state index is 0.000344. The van der Waals surface area contributed by atoms with Gasteiger partial charge in [0.1, 0.15) is 11.4 Å². The maximum atomic E-state index is 15.3. The fourth-order valence-corrected chi connectivity index (χ4v) is 4.75. The molecule has 1 aromatic heterocycles. The summed E-state index contributed by atoms with van der Waals surface area (Å²) in [5.74, 6) is -1.78. The number of halogens is 1. The maximum absolute atomic E-state index is 15.3. The van der Waals surface area contributed by atoms with E-state index in [1.807, 2.05) is 16.4 Å². The van der Waals surface area contributed by atoms with Gasteiger partial charge in [-0.3, -0.25) is 4.79 Å². The lowest BCUT2D eigenvalue weighted by atomic mass is 9.98.